The van der Waals surface area contributed by atoms with Crippen LogP contribution in [0.3, 0.4) is 0 Å². The molecule has 0 fully saturated rings. The van der Waals surface area contributed by atoms with Crippen molar-refractivity contribution in [2.24, 2.45) is 0 Å². The highest BCUT2D eigenvalue weighted by atomic mass is 16.1. The van der Waals surface area contributed by atoms with E-state index in [1.54, 1.807) is 0 Å². The number of aryl methyl sites for hydroxylation is 1. The third-order valence-corrected chi connectivity index (χ3v) is 4.34. The fraction of sp³-hybridized carbons (Fsp3) is 0.150. The van der Waals surface area contributed by atoms with E-state index < -0.39 is 0 Å². The fourth-order valence-electron chi connectivity index (χ4n) is 3.28. The molecule has 21 heavy (non-hydrogen) atoms. The van der Waals surface area contributed by atoms with E-state index in [1.807, 2.05) is 6.07 Å². The molecule has 0 radical (unpaired) electrons. The molecule has 1 heteroatoms. The molecule has 3 aromatic rings. The second kappa shape index (κ2) is 4.85. The summed E-state index contributed by atoms with van der Waals surface area (Å²) in [5.41, 5.74) is 4.61. The molecule has 1 aliphatic rings. The second-order valence-corrected chi connectivity index (χ2v) is 5.68. The lowest BCUT2D eigenvalue weighted by Gasteiger charge is -2.17. The highest BCUT2D eigenvalue weighted by Crippen LogP contribution is 2.33. The average Bonchev–Trinajstić information content (AvgIpc) is 2.54. The summed E-state index contributed by atoms with van der Waals surface area (Å²) in [6.07, 6.45) is 2.68. The Kier molecular flexibility index (Phi) is 2.85. The van der Waals surface area contributed by atoms with Crippen molar-refractivity contribution in [3.05, 3.63) is 71.8 Å². The largest absolute Gasteiger partial charge is 0.294 e. The summed E-state index contributed by atoms with van der Waals surface area (Å²) >= 11 is 0. The Labute approximate surface area is 124 Å². The van der Waals surface area contributed by atoms with E-state index >= 15 is 0 Å². The van der Waals surface area contributed by atoms with E-state index in [0.29, 0.717) is 12.2 Å². The molecular formula is C20H16O. The Balaban J connectivity index is 2.00. The van der Waals surface area contributed by atoms with Crippen molar-refractivity contribution in [3.8, 4) is 11.1 Å². The van der Waals surface area contributed by atoms with E-state index in [2.05, 4.69) is 54.6 Å². The number of fused-ring (bicyclic) bond motifs is 2. The molecule has 0 aromatic heterocycles. The van der Waals surface area contributed by atoms with E-state index in [4.69, 9.17) is 0 Å². The normalized spacial score (nSPS) is 14.2. The Morgan fingerprint density at radius 3 is 2.48 bits per heavy atom. The third-order valence-electron chi connectivity index (χ3n) is 4.34. The maximum absolute atomic E-state index is 12.1. The SMILES string of the molecule is O=C1CCCc2cc3c(-c4ccccc4)cccc3cc21. The number of hydrogen-bond acceptors (Lipinski definition) is 1. The monoisotopic (exact) mass is 272 g/mol. The van der Waals surface area contributed by atoms with Gasteiger partial charge in [0.25, 0.3) is 0 Å². The van der Waals surface area contributed by atoms with Gasteiger partial charge in [0.05, 0.1) is 0 Å². The van der Waals surface area contributed by atoms with Gasteiger partial charge in [-0.05, 0) is 52.4 Å². The summed E-state index contributed by atoms with van der Waals surface area (Å²) in [4.78, 5) is 12.1. The molecule has 0 heterocycles. The molecule has 0 N–H and O–H groups in total. The van der Waals surface area contributed by atoms with Gasteiger partial charge in [0.2, 0.25) is 0 Å². The molecule has 0 bridgehead atoms. The molecule has 0 atom stereocenters. The molecular weight excluding hydrogens is 256 g/mol. The van der Waals surface area contributed by atoms with Crippen molar-refractivity contribution in [1.29, 1.82) is 0 Å². The molecule has 1 nitrogen and oxygen atoms in total. The van der Waals surface area contributed by atoms with E-state index in [1.165, 1.54) is 22.1 Å². The first kappa shape index (κ1) is 12.3. The van der Waals surface area contributed by atoms with Crippen molar-refractivity contribution in [2.45, 2.75) is 19.3 Å². The first-order valence-corrected chi connectivity index (χ1v) is 7.47. The number of benzene rings is 3. The van der Waals surface area contributed by atoms with Crippen LogP contribution in [0, 0.1) is 0 Å². The summed E-state index contributed by atoms with van der Waals surface area (Å²) < 4.78 is 0. The third kappa shape index (κ3) is 2.06. The molecule has 0 unspecified atom stereocenters. The quantitative estimate of drug-likeness (QED) is 0.607. The molecule has 102 valence electrons. The minimum absolute atomic E-state index is 0.295. The highest BCUT2D eigenvalue weighted by Gasteiger charge is 2.18. The number of rotatable bonds is 1. The molecule has 0 aliphatic heterocycles. The Morgan fingerprint density at radius 2 is 1.62 bits per heavy atom. The lowest BCUT2D eigenvalue weighted by molar-refractivity contribution is 0.0972. The zero-order valence-electron chi connectivity index (χ0n) is 11.8. The van der Waals surface area contributed by atoms with Crippen LogP contribution in [0.2, 0.25) is 0 Å². The average molecular weight is 272 g/mol. The molecule has 3 aromatic carbocycles. The van der Waals surface area contributed by atoms with Gasteiger partial charge in [-0.3, -0.25) is 4.79 Å². The second-order valence-electron chi connectivity index (χ2n) is 5.68. The van der Waals surface area contributed by atoms with Gasteiger partial charge >= 0.3 is 0 Å². The minimum Gasteiger partial charge on any atom is -0.294 e. The summed E-state index contributed by atoms with van der Waals surface area (Å²) in [5.74, 6) is 0.295. The molecule has 4 rings (SSSR count). The van der Waals surface area contributed by atoms with Crippen molar-refractivity contribution >= 4 is 16.6 Å². The molecule has 0 saturated heterocycles. The van der Waals surface area contributed by atoms with Crippen LogP contribution in [0.4, 0.5) is 0 Å². The Hall–Kier alpha value is -2.41. The van der Waals surface area contributed by atoms with Gasteiger partial charge in [0.15, 0.2) is 5.78 Å². The summed E-state index contributed by atoms with van der Waals surface area (Å²) in [7, 11) is 0. The molecule has 1 aliphatic carbocycles. The van der Waals surface area contributed by atoms with E-state index in [9.17, 15) is 4.79 Å². The maximum atomic E-state index is 12.1. The summed E-state index contributed by atoms with van der Waals surface area (Å²) in [6.45, 7) is 0. The predicted molar refractivity (Wildman–Crippen MR) is 86.7 cm³/mol. The smallest absolute Gasteiger partial charge is 0.163 e. The van der Waals surface area contributed by atoms with Crippen LogP contribution in [0.25, 0.3) is 21.9 Å². The zero-order valence-corrected chi connectivity index (χ0v) is 11.8. The van der Waals surface area contributed by atoms with Crippen molar-refractivity contribution in [3.63, 3.8) is 0 Å². The fourth-order valence-corrected chi connectivity index (χ4v) is 3.28. The van der Waals surface area contributed by atoms with Crippen LogP contribution >= 0.6 is 0 Å². The van der Waals surface area contributed by atoms with Gasteiger partial charge in [-0.15, -0.1) is 0 Å². The van der Waals surface area contributed by atoms with Gasteiger partial charge in [0, 0.05) is 12.0 Å². The van der Waals surface area contributed by atoms with Crippen LogP contribution in [-0.2, 0) is 6.42 Å². The maximum Gasteiger partial charge on any atom is 0.163 e. The number of ketones is 1. The zero-order chi connectivity index (χ0) is 14.2. The van der Waals surface area contributed by atoms with Gasteiger partial charge in [-0.2, -0.15) is 0 Å². The molecule has 0 spiro atoms. The predicted octanol–water partition coefficient (Wildman–Crippen LogP) is 5.03. The number of carbonyl (C=O) groups is 1. The van der Waals surface area contributed by atoms with Gasteiger partial charge in [-0.1, -0.05) is 48.5 Å². The topological polar surface area (TPSA) is 17.1 Å². The number of carbonyl (C=O) groups excluding carboxylic acids is 1. The van der Waals surface area contributed by atoms with Crippen molar-refractivity contribution in [1.82, 2.24) is 0 Å². The van der Waals surface area contributed by atoms with Crippen LogP contribution in [0.15, 0.2) is 60.7 Å². The lowest BCUT2D eigenvalue weighted by Crippen LogP contribution is -2.10. The summed E-state index contributed by atoms with van der Waals surface area (Å²) in [5, 5.41) is 2.41. The number of Topliss-reactive ketones (excluding diaryl/α,β-unsaturated/α-hetero) is 1. The van der Waals surface area contributed by atoms with Gasteiger partial charge in [-0.25, -0.2) is 0 Å². The molecule has 0 amide bonds. The Bertz CT molecular complexity index is 831. The minimum atomic E-state index is 0.295. The van der Waals surface area contributed by atoms with Crippen LogP contribution < -0.4 is 0 Å². The summed E-state index contributed by atoms with van der Waals surface area (Å²) in [6, 6.07) is 21.1. The Morgan fingerprint density at radius 1 is 0.762 bits per heavy atom. The van der Waals surface area contributed by atoms with E-state index in [-0.39, 0.29) is 0 Å². The van der Waals surface area contributed by atoms with Gasteiger partial charge < -0.3 is 0 Å². The van der Waals surface area contributed by atoms with E-state index in [0.717, 1.165) is 23.8 Å². The highest BCUT2D eigenvalue weighted by molar-refractivity contribution is 6.05. The molecule has 0 saturated carbocycles. The van der Waals surface area contributed by atoms with Crippen LogP contribution in [-0.4, -0.2) is 5.78 Å². The van der Waals surface area contributed by atoms with Crippen molar-refractivity contribution < 1.29 is 4.79 Å². The van der Waals surface area contributed by atoms with Crippen molar-refractivity contribution in [2.75, 3.05) is 0 Å². The first-order chi connectivity index (χ1) is 10.3. The standard InChI is InChI=1S/C20H16O/c21-20-11-5-9-16-12-18-15(13-19(16)20)8-4-10-17(18)14-6-2-1-3-7-14/h1-4,6-8,10,12-13H,5,9,11H2. The van der Waals surface area contributed by atoms with Gasteiger partial charge in [0.1, 0.15) is 0 Å². The lowest BCUT2D eigenvalue weighted by atomic mass is 9.86. The number of hydrogen-bond donors (Lipinski definition) is 0. The first-order valence-electron chi connectivity index (χ1n) is 7.47. The van der Waals surface area contributed by atoms with Crippen LogP contribution in [0.5, 0.6) is 0 Å². The van der Waals surface area contributed by atoms with Crippen LogP contribution in [0.1, 0.15) is 28.8 Å².